The van der Waals surface area contributed by atoms with Gasteiger partial charge in [-0.05, 0) is 70.3 Å². The Morgan fingerprint density at radius 1 is 1.11 bits per heavy atom. The zero-order valence-electron chi connectivity index (χ0n) is 17.4. The molecule has 3 heterocycles. The number of rotatable bonds is 5. The highest BCUT2D eigenvalue weighted by Crippen LogP contribution is 2.27. The van der Waals surface area contributed by atoms with Gasteiger partial charge < -0.3 is 4.90 Å². The number of amides is 1. The van der Waals surface area contributed by atoms with Gasteiger partial charge in [-0.2, -0.15) is 5.10 Å². The van der Waals surface area contributed by atoms with Gasteiger partial charge in [-0.25, -0.2) is 0 Å². The number of hydrogen-bond donors (Lipinski definition) is 0. The molecule has 1 aromatic carbocycles. The van der Waals surface area contributed by atoms with Crippen molar-refractivity contribution in [2.24, 2.45) is 0 Å². The molecule has 1 amide bonds. The summed E-state index contributed by atoms with van der Waals surface area (Å²) in [5.74, 6) is 0.130. The molecule has 28 heavy (non-hydrogen) atoms. The van der Waals surface area contributed by atoms with Crippen LogP contribution in [0.4, 0.5) is 0 Å². The van der Waals surface area contributed by atoms with Crippen molar-refractivity contribution in [3.63, 3.8) is 0 Å². The zero-order chi connectivity index (χ0) is 19.7. The Kier molecular flexibility index (Phi) is 5.54. The minimum Gasteiger partial charge on any atom is -0.332 e. The minimum atomic E-state index is 0.130. The quantitative estimate of drug-likeness (QED) is 0.792. The number of fused-ring (bicyclic) bond motifs is 1. The maximum Gasteiger partial charge on any atom is 0.254 e. The molecular weight excluding hydrogens is 348 g/mol. The van der Waals surface area contributed by atoms with Gasteiger partial charge in [0.05, 0.1) is 17.9 Å². The van der Waals surface area contributed by atoms with Crippen molar-refractivity contribution in [2.45, 2.75) is 65.6 Å². The van der Waals surface area contributed by atoms with E-state index < -0.39 is 0 Å². The molecule has 0 N–H and O–H groups in total. The summed E-state index contributed by atoms with van der Waals surface area (Å²) in [6.07, 6.45) is 4.50. The van der Waals surface area contributed by atoms with E-state index in [2.05, 4.69) is 42.5 Å². The molecule has 2 aromatic rings. The van der Waals surface area contributed by atoms with Crippen molar-refractivity contribution in [1.82, 2.24) is 19.6 Å². The summed E-state index contributed by atoms with van der Waals surface area (Å²) < 4.78 is 2.15. The molecule has 5 heteroatoms. The van der Waals surface area contributed by atoms with Gasteiger partial charge >= 0.3 is 0 Å². The standard InChI is InChI=1S/C23H32N4O/c1-4-18-7-9-19(10-8-18)23(28)26-14-11-20-21(15-25-12-5-6-13-25)24-27(17(2)3)22(20)16-26/h7-10,17H,4-6,11-16H2,1-3H3. The van der Waals surface area contributed by atoms with Crippen LogP contribution in [0.2, 0.25) is 0 Å². The summed E-state index contributed by atoms with van der Waals surface area (Å²) >= 11 is 0. The molecule has 0 bridgehead atoms. The fourth-order valence-corrected chi connectivity index (χ4v) is 4.46. The van der Waals surface area contributed by atoms with Crippen LogP contribution in [-0.4, -0.2) is 45.1 Å². The summed E-state index contributed by atoms with van der Waals surface area (Å²) in [4.78, 5) is 17.6. The Morgan fingerprint density at radius 3 is 2.46 bits per heavy atom. The molecule has 0 spiro atoms. The third kappa shape index (κ3) is 3.72. The third-order valence-corrected chi connectivity index (χ3v) is 6.13. The predicted molar refractivity (Wildman–Crippen MR) is 111 cm³/mol. The van der Waals surface area contributed by atoms with Gasteiger partial charge in [-0.1, -0.05) is 19.1 Å². The second-order valence-electron chi connectivity index (χ2n) is 8.42. The largest absolute Gasteiger partial charge is 0.332 e. The number of aryl methyl sites for hydroxylation is 1. The summed E-state index contributed by atoms with van der Waals surface area (Å²) in [6, 6.07) is 8.37. The van der Waals surface area contributed by atoms with E-state index in [1.807, 2.05) is 17.0 Å². The van der Waals surface area contributed by atoms with Crippen LogP contribution in [0.1, 0.15) is 72.5 Å². The first-order valence-corrected chi connectivity index (χ1v) is 10.8. The summed E-state index contributed by atoms with van der Waals surface area (Å²) in [5, 5.41) is 4.98. The van der Waals surface area contributed by atoms with E-state index in [4.69, 9.17) is 5.10 Å². The Hall–Kier alpha value is -2.14. The lowest BCUT2D eigenvalue weighted by Crippen LogP contribution is -2.37. The maximum atomic E-state index is 13.1. The van der Waals surface area contributed by atoms with E-state index in [1.165, 1.54) is 48.4 Å². The van der Waals surface area contributed by atoms with Gasteiger partial charge in [0, 0.05) is 30.3 Å². The highest BCUT2D eigenvalue weighted by atomic mass is 16.2. The number of likely N-dealkylation sites (tertiary alicyclic amines) is 1. The fraction of sp³-hybridized carbons (Fsp3) is 0.565. The van der Waals surface area contributed by atoms with Crippen LogP contribution in [-0.2, 0) is 25.9 Å². The molecule has 2 aliphatic heterocycles. The minimum absolute atomic E-state index is 0.130. The zero-order valence-corrected chi connectivity index (χ0v) is 17.4. The number of carbonyl (C=O) groups is 1. The summed E-state index contributed by atoms with van der Waals surface area (Å²) in [7, 11) is 0. The van der Waals surface area contributed by atoms with E-state index in [1.54, 1.807) is 0 Å². The first-order chi connectivity index (χ1) is 13.6. The van der Waals surface area contributed by atoms with Crippen molar-refractivity contribution in [3.05, 3.63) is 52.3 Å². The van der Waals surface area contributed by atoms with Gasteiger partial charge in [0.25, 0.3) is 5.91 Å². The van der Waals surface area contributed by atoms with E-state index in [0.717, 1.165) is 31.5 Å². The van der Waals surface area contributed by atoms with Crippen LogP contribution < -0.4 is 0 Å². The van der Waals surface area contributed by atoms with Crippen molar-refractivity contribution in [3.8, 4) is 0 Å². The summed E-state index contributed by atoms with van der Waals surface area (Å²) in [6.45, 7) is 11.2. The van der Waals surface area contributed by atoms with Gasteiger partial charge in [-0.15, -0.1) is 0 Å². The Bertz CT molecular complexity index is 831. The molecule has 0 atom stereocenters. The smallest absolute Gasteiger partial charge is 0.254 e. The fourth-order valence-electron chi connectivity index (χ4n) is 4.46. The average molecular weight is 381 g/mol. The first-order valence-electron chi connectivity index (χ1n) is 10.8. The number of hydrogen-bond acceptors (Lipinski definition) is 3. The van der Waals surface area contributed by atoms with Crippen LogP contribution in [0.3, 0.4) is 0 Å². The molecule has 150 valence electrons. The number of aromatic nitrogens is 2. The molecule has 5 nitrogen and oxygen atoms in total. The van der Waals surface area contributed by atoms with Crippen LogP contribution in [0.5, 0.6) is 0 Å². The molecular formula is C23H32N4O. The van der Waals surface area contributed by atoms with Gasteiger partial charge in [0.15, 0.2) is 0 Å². The maximum absolute atomic E-state index is 13.1. The molecule has 0 aliphatic carbocycles. The lowest BCUT2D eigenvalue weighted by atomic mass is 10.0. The van der Waals surface area contributed by atoms with Gasteiger partial charge in [-0.3, -0.25) is 14.4 Å². The molecule has 1 fully saturated rings. The van der Waals surface area contributed by atoms with Crippen LogP contribution >= 0.6 is 0 Å². The van der Waals surface area contributed by atoms with Crippen LogP contribution in [0.25, 0.3) is 0 Å². The topological polar surface area (TPSA) is 41.4 Å². The van der Waals surface area contributed by atoms with E-state index in [0.29, 0.717) is 12.6 Å². The molecule has 1 aromatic heterocycles. The Balaban J connectivity index is 1.56. The van der Waals surface area contributed by atoms with Crippen molar-refractivity contribution < 1.29 is 4.79 Å². The van der Waals surface area contributed by atoms with Gasteiger partial charge in [0.2, 0.25) is 0 Å². The van der Waals surface area contributed by atoms with Crippen molar-refractivity contribution >= 4 is 5.91 Å². The van der Waals surface area contributed by atoms with E-state index in [-0.39, 0.29) is 5.91 Å². The molecule has 4 rings (SSSR count). The second-order valence-corrected chi connectivity index (χ2v) is 8.42. The number of benzene rings is 1. The van der Waals surface area contributed by atoms with E-state index in [9.17, 15) is 4.79 Å². The van der Waals surface area contributed by atoms with Crippen LogP contribution in [0.15, 0.2) is 24.3 Å². The number of nitrogens with zero attached hydrogens (tertiary/aromatic N) is 4. The molecule has 2 aliphatic rings. The first kappa shape index (κ1) is 19.2. The highest BCUT2D eigenvalue weighted by molar-refractivity contribution is 5.94. The summed E-state index contributed by atoms with van der Waals surface area (Å²) in [5.41, 5.74) is 5.89. The molecule has 0 radical (unpaired) electrons. The lowest BCUT2D eigenvalue weighted by Gasteiger charge is -2.29. The Labute approximate surface area is 168 Å². The molecule has 0 saturated carbocycles. The SMILES string of the molecule is CCc1ccc(C(=O)N2CCc3c(CN4CCCC4)nn(C(C)C)c3C2)cc1. The molecule has 1 saturated heterocycles. The average Bonchev–Trinajstić information content (AvgIpc) is 3.35. The van der Waals surface area contributed by atoms with Crippen molar-refractivity contribution in [2.75, 3.05) is 19.6 Å². The monoisotopic (exact) mass is 380 g/mol. The normalized spacial score (nSPS) is 17.4. The lowest BCUT2D eigenvalue weighted by molar-refractivity contribution is 0.0728. The highest BCUT2D eigenvalue weighted by Gasteiger charge is 2.29. The van der Waals surface area contributed by atoms with Gasteiger partial charge in [0.1, 0.15) is 0 Å². The second kappa shape index (κ2) is 8.08. The van der Waals surface area contributed by atoms with Crippen LogP contribution in [0, 0.1) is 0 Å². The Morgan fingerprint density at radius 2 is 1.82 bits per heavy atom. The van der Waals surface area contributed by atoms with E-state index >= 15 is 0 Å². The molecule has 0 unspecified atom stereocenters. The number of carbonyl (C=O) groups excluding carboxylic acids is 1. The predicted octanol–water partition coefficient (Wildman–Crippen LogP) is 3.82. The van der Waals surface area contributed by atoms with Crippen molar-refractivity contribution in [1.29, 1.82) is 0 Å². The third-order valence-electron chi connectivity index (χ3n) is 6.13.